The third-order valence-electron chi connectivity index (χ3n) is 5.56. The van der Waals surface area contributed by atoms with Gasteiger partial charge in [-0.05, 0) is 56.2 Å². The zero-order valence-corrected chi connectivity index (χ0v) is 18.5. The van der Waals surface area contributed by atoms with E-state index in [4.69, 9.17) is 11.6 Å². The molecule has 0 saturated carbocycles. The lowest BCUT2D eigenvalue weighted by molar-refractivity contribution is -0.122. The number of hydrogen-bond donors (Lipinski definition) is 2. The van der Waals surface area contributed by atoms with Crippen molar-refractivity contribution in [2.24, 2.45) is 0 Å². The molecular formula is C23H29ClN4O2. The Bertz CT molecular complexity index is 872. The Kier molecular flexibility index (Phi) is 7.48. The quantitative estimate of drug-likeness (QED) is 0.738. The number of piperazine rings is 1. The predicted octanol–water partition coefficient (Wildman–Crippen LogP) is 3.54. The highest BCUT2D eigenvalue weighted by Crippen LogP contribution is 2.19. The Morgan fingerprint density at radius 2 is 1.57 bits per heavy atom. The molecule has 0 bridgehead atoms. The molecule has 0 aromatic heterocycles. The molecule has 1 atom stereocenters. The van der Waals surface area contributed by atoms with Gasteiger partial charge in [-0.1, -0.05) is 29.8 Å². The normalized spacial score (nSPS) is 16.1. The Balaban J connectivity index is 1.46. The van der Waals surface area contributed by atoms with Crippen LogP contribution in [0.2, 0.25) is 5.02 Å². The molecule has 1 fully saturated rings. The number of carbonyl (C=O) groups is 2. The summed E-state index contributed by atoms with van der Waals surface area (Å²) in [5, 5.41) is 6.61. The molecule has 2 aromatic rings. The number of halogens is 1. The largest absolute Gasteiger partial charge is 0.325 e. The van der Waals surface area contributed by atoms with Gasteiger partial charge < -0.3 is 10.6 Å². The first-order valence-corrected chi connectivity index (χ1v) is 10.6. The van der Waals surface area contributed by atoms with Gasteiger partial charge in [-0.15, -0.1) is 0 Å². The number of benzene rings is 2. The first-order chi connectivity index (χ1) is 14.3. The number of aryl methyl sites for hydroxylation is 2. The van der Waals surface area contributed by atoms with Gasteiger partial charge in [-0.2, -0.15) is 0 Å². The van der Waals surface area contributed by atoms with Crippen LogP contribution in [0, 0.1) is 13.8 Å². The molecule has 0 aliphatic carbocycles. The fraction of sp³-hybridized carbons (Fsp3) is 0.391. The lowest BCUT2D eigenvalue weighted by Gasteiger charge is -2.37. The second-order valence-corrected chi connectivity index (χ2v) is 8.24. The van der Waals surface area contributed by atoms with Crippen molar-refractivity contribution in [1.82, 2.24) is 9.80 Å². The summed E-state index contributed by atoms with van der Waals surface area (Å²) < 4.78 is 0. The van der Waals surface area contributed by atoms with Crippen molar-refractivity contribution in [1.29, 1.82) is 0 Å². The van der Waals surface area contributed by atoms with E-state index in [1.807, 2.05) is 39.0 Å². The van der Waals surface area contributed by atoms with Gasteiger partial charge in [0.2, 0.25) is 11.8 Å². The minimum Gasteiger partial charge on any atom is -0.325 e. The van der Waals surface area contributed by atoms with E-state index in [-0.39, 0.29) is 17.9 Å². The average molecular weight is 429 g/mol. The molecule has 1 saturated heterocycles. The van der Waals surface area contributed by atoms with E-state index in [1.54, 1.807) is 24.3 Å². The lowest BCUT2D eigenvalue weighted by Crippen LogP contribution is -2.53. The zero-order valence-electron chi connectivity index (χ0n) is 17.7. The average Bonchev–Trinajstić information content (AvgIpc) is 2.72. The molecule has 0 unspecified atom stereocenters. The van der Waals surface area contributed by atoms with Crippen molar-refractivity contribution >= 4 is 34.8 Å². The molecule has 30 heavy (non-hydrogen) atoms. The van der Waals surface area contributed by atoms with E-state index in [1.165, 1.54) is 0 Å². The fourth-order valence-electron chi connectivity index (χ4n) is 3.65. The summed E-state index contributed by atoms with van der Waals surface area (Å²) in [6, 6.07) is 12.8. The molecule has 0 spiro atoms. The monoisotopic (exact) mass is 428 g/mol. The van der Waals surface area contributed by atoms with Gasteiger partial charge in [0.05, 0.1) is 12.6 Å². The molecule has 1 aliphatic heterocycles. The molecule has 2 N–H and O–H groups in total. The van der Waals surface area contributed by atoms with Crippen LogP contribution in [-0.4, -0.2) is 60.4 Å². The Morgan fingerprint density at radius 3 is 2.17 bits per heavy atom. The number of para-hydroxylation sites is 1. The van der Waals surface area contributed by atoms with Gasteiger partial charge in [0.15, 0.2) is 0 Å². The number of carbonyl (C=O) groups excluding carboxylic acids is 2. The van der Waals surface area contributed by atoms with Gasteiger partial charge in [0, 0.05) is 42.6 Å². The smallest absolute Gasteiger partial charge is 0.241 e. The van der Waals surface area contributed by atoms with Crippen LogP contribution in [0.1, 0.15) is 18.1 Å². The molecule has 2 amide bonds. The van der Waals surface area contributed by atoms with Crippen LogP contribution >= 0.6 is 11.6 Å². The van der Waals surface area contributed by atoms with E-state index in [0.29, 0.717) is 11.6 Å². The van der Waals surface area contributed by atoms with Crippen molar-refractivity contribution in [2.45, 2.75) is 26.8 Å². The van der Waals surface area contributed by atoms with E-state index in [2.05, 4.69) is 20.4 Å². The number of nitrogens with zero attached hydrogens (tertiary/aromatic N) is 2. The van der Waals surface area contributed by atoms with Crippen molar-refractivity contribution < 1.29 is 9.59 Å². The molecule has 0 radical (unpaired) electrons. The van der Waals surface area contributed by atoms with E-state index >= 15 is 0 Å². The number of nitrogens with one attached hydrogen (secondary N) is 2. The molecule has 2 aromatic carbocycles. The Morgan fingerprint density at radius 1 is 0.967 bits per heavy atom. The Hall–Kier alpha value is -2.41. The van der Waals surface area contributed by atoms with E-state index in [0.717, 1.165) is 48.7 Å². The van der Waals surface area contributed by atoms with Crippen molar-refractivity contribution in [2.75, 3.05) is 43.4 Å². The summed E-state index contributed by atoms with van der Waals surface area (Å²) >= 11 is 5.89. The molecule has 160 valence electrons. The SMILES string of the molecule is Cc1cccc(C)c1NC(=O)CN1CCN([C@H](C)C(=O)Nc2ccc(Cl)cc2)CC1. The molecule has 3 rings (SSSR count). The van der Waals surface area contributed by atoms with Crippen molar-refractivity contribution in [3.05, 3.63) is 58.6 Å². The second kappa shape index (κ2) is 10.1. The molecule has 7 heteroatoms. The first-order valence-electron chi connectivity index (χ1n) is 10.2. The summed E-state index contributed by atoms with van der Waals surface area (Å²) in [4.78, 5) is 29.3. The van der Waals surface area contributed by atoms with E-state index in [9.17, 15) is 9.59 Å². The van der Waals surface area contributed by atoms with Crippen molar-refractivity contribution in [3.8, 4) is 0 Å². The van der Waals surface area contributed by atoms with Crippen LogP contribution < -0.4 is 10.6 Å². The number of rotatable bonds is 6. The van der Waals surface area contributed by atoms with Crippen LogP contribution in [0.15, 0.2) is 42.5 Å². The third kappa shape index (κ3) is 5.81. The fourth-order valence-corrected chi connectivity index (χ4v) is 3.77. The van der Waals surface area contributed by atoms with Gasteiger partial charge in [-0.3, -0.25) is 19.4 Å². The maximum absolute atomic E-state index is 12.6. The second-order valence-electron chi connectivity index (χ2n) is 7.80. The van der Waals surface area contributed by atoms with Crippen LogP contribution in [0.25, 0.3) is 0 Å². The number of anilines is 2. The third-order valence-corrected chi connectivity index (χ3v) is 5.81. The minimum absolute atomic E-state index is 0.00520. The Labute approximate surface area is 183 Å². The predicted molar refractivity (Wildman–Crippen MR) is 122 cm³/mol. The van der Waals surface area contributed by atoms with Crippen molar-refractivity contribution in [3.63, 3.8) is 0 Å². The van der Waals surface area contributed by atoms with Gasteiger partial charge in [0.1, 0.15) is 0 Å². The summed E-state index contributed by atoms with van der Waals surface area (Å²) in [5.41, 5.74) is 3.76. The molecule has 6 nitrogen and oxygen atoms in total. The van der Waals surface area contributed by atoms with Gasteiger partial charge in [-0.25, -0.2) is 0 Å². The summed E-state index contributed by atoms with van der Waals surface area (Å²) in [7, 11) is 0. The molecule has 1 heterocycles. The van der Waals surface area contributed by atoms with Crippen LogP contribution in [0.3, 0.4) is 0 Å². The zero-order chi connectivity index (χ0) is 21.7. The maximum Gasteiger partial charge on any atom is 0.241 e. The highest BCUT2D eigenvalue weighted by Gasteiger charge is 2.26. The van der Waals surface area contributed by atoms with E-state index < -0.39 is 0 Å². The van der Waals surface area contributed by atoms with Crippen LogP contribution in [0.5, 0.6) is 0 Å². The minimum atomic E-state index is -0.244. The molecular weight excluding hydrogens is 400 g/mol. The number of amides is 2. The van der Waals surface area contributed by atoms with Gasteiger partial charge in [0.25, 0.3) is 0 Å². The standard InChI is InChI=1S/C23H29ClN4O2/c1-16-5-4-6-17(2)22(16)26-21(29)15-27-11-13-28(14-12-27)18(3)23(30)25-20-9-7-19(24)8-10-20/h4-10,18H,11-15H2,1-3H3,(H,25,30)(H,26,29)/t18-/m1/s1. The first kappa shape index (κ1) is 22.3. The molecule has 1 aliphatic rings. The summed E-state index contributed by atoms with van der Waals surface area (Å²) in [5.74, 6) is -0.0482. The van der Waals surface area contributed by atoms with Crippen LogP contribution in [-0.2, 0) is 9.59 Å². The number of hydrogen-bond acceptors (Lipinski definition) is 4. The highest BCUT2D eigenvalue weighted by molar-refractivity contribution is 6.30. The lowest BCUT2D eigenvalue weighted by atomic mass is 10.1. The highest BCUT2D eigenvalue weighted by atomic mass is 35.5. The van der Waals surface area contributed by atoms with Crippen LogP contribution in [0.4, 0.5) is 11.4 Å². The summed E-state index contributed by atoms with van der Waals surface area (Å²) in [6.07, 6.45) is 0. The summed E-state index contributed by atoms with van der Waals surface area (Å²) in [6.45, 7) is 9.24. The topological polar surface area (TPSA) is 64.7 Å². The maximum atomic E-state index is 12.6. The van der Waals surface area contributed by atoms with Gasteiger partial charge >= 0.3 is 0 Å².